The van der Waals surface area contributed by atoms with Gasteiger partial charge in [0.2, 0.25) is 0 Å². The summed E-state index contributed by atoms with van der Waals surface area (Å²) in [6.07, 6.45) is -4.59. The largest absolute Gasteiger partial charge is 0.497 e. The molecule has 3 nitrogen and oxygen atoms in total. The van der Waals surface area contributed by atoms with Gasteiger partial charge in [0.25, 0.3) is 5.91 Å². The molecule has 1 N–H and O–H groups in total. The van der Waals surface area contributed by atoms with Crippen molar-refractivity contribution in [2.75, 3.05) is 12.4 Å². The fourth-order valence-corrected chi connectivity index (χ4v) is 2.75. The van der Waals surface area contributed by atoms with Crippen molar-refractivity contribution in [1.29, 1.82) is 0 Å². The molecule has 112 valence electrons. The van der Waals surface area contributed by atoms with E-state index < -0.39 is 17.6 Å². The average Bonchev–Trinajstić information content (AvgIpc) is 2.84. The second-order valence-electron chi connectivity index (χ2n) is 4.00. The van der Waals surface area contributed by atoms with Gasteiger partial charge in [0.05, 0.1) is 27.7 Å². The summed E-state index contributed by atoms with van der Waals surface area (Å²) >= 11 is 4.47. The molecule has 2 aromatic rings. The number of thiophene rings is 1. The maximum absolute atomic E-state index is 13.0. The Balaban J connectivity index is 2.33. The molecule has 8 heteroatoms. The van der Waals surface area contributed by atoms with Gasteiger partial charge in [-0.25, -0.2) is 0 Å². The number of nitrogens with one attached hydrogen (secondary N) is 1. The van der Waals surface area contributed by atoms with Crippen molar-refractivity contribution in [3.05, 3.63) is 44.6 Å². The summed E-state index contributed by atoms with van der Waals surface area (Å²) in [5.41, 5.74) is -0.976. The Morgan fingerprint density at radius 2 is 2.05 bits per heavy atom. The lowest BCUT2D eigenvalue weighted by molar-refractivity contribution is -0.137. The van der Waals surface area contributed by atoms with Crippen LogP contribution >= 0.6 is 27.3 Å². The molecule has 0 radical (unpaired) electrons. The van der Waals surface area contributed by atoms with E-state index in [2.05, 4.69) is 21.2 Å². The third-order valence-electron chi connectivity index (χ3n) is 2.61. The first-order valence-electron chi connectivity index (χ1n) is 5.62. The molecule has 1 amide bonds. The number of methoxy groups -OCH3 is 1. The van der Waals surface area contributed by atoms with Gasteiger partial charge in [0, 0.05) is 5.38 Å². The van der Waals surface area contributed by atoms with E-state index in [-0.39, 0.29) is 17.0 Å². The molecule has 0 atom stereocenters. The summed E-state index contributed by atoms with van der Waals surface area (Å²) < 4.78 is 44.5. The fraction of sp³-hybridized carbons (Fsp3) is 0.154. The standard InChI is InChI=1S/C13H9BrF3NO2S/c1-20-8-2-3-10(9(5-8)13(15,16)17)18-12(19)7-4-11(14)21-6-7/h2-6H,1H3,(H,18,19). The van der Waals surface area contributed by atoms with Crippen LogP contribution in [0.5, 0.6) is 5.75 Å². The van der Waals surface area contributed by atoms with E-state index in [1.54, 1.807) is 5.38 Å². The number of carbonyl (C=O) groups is 1. The summed E-state index contributed by atoms with van der Waals surface area (Å²) in [5, 5.41) is 3.82. The van der Waals surface area contributed by atoms with Crippen molar-refractivity contribution in [3.63, 3.8) is 0 Å². The van der Waals surface area contributed by atoms with Crippen LogP contribution < -0.4 is 10.1 Å². The van der Waals surface area contributed by atoms with E-state index in [0.717, 1.165) is 9.85 Å². The first-order chi connectivity index (χ1) is 9.81. The first-order valence-corrected chi connectivity index (χ1v) is 7.29. The van der Waals surface area contributed by atoms with E-state index in [4.69, 9.17) is 4.74 Å². The van der Waals surface area contributed by atoms with Gasteiger partial charge in [-0.15, -0.1) is 11.3 Å². The van der Waals surface area contributed by atoms with E-state index in [1.165, 1.54) is 36.6 Å². The maximum Gasteiger partial charge on any atom is 0.418 e. The molecular weight excluding hydrogens is 371 g/mol. The van der Waals surface area contributed by atoms with Crippen molar-refractivity contribution in [3.8, 4) is 5.75 Å². The van der Waals surface area contributed by atoms with Crippen LogP contribution in [0.3, 0.4) is 0 Å². The quantitative estimate of drug-likeness (QED) is 0.832. The van der Waals surface area contributed by atoms with Crippen molar-refractivity contribution >= 4 is 38.9 Å². The number of ether oxygens (including phenoxy) is 1. The van der Waals surface area contributed by atoms with Crippen molar-refractivity contribution in [2.24, 2.45) is 0 Å². The van der Waals surface area contributed by atoms with Crippen molar-refractivity contribution < 1.29 is 22.7 Å². The topological polar surface area (TPSA) is 38.3 Å². The number of carbonyl (C=O) groups excluding carboxylic acids is 1. The summed E-state index contributed by atoms with van der Waals surface area (Å²) in [4.78, 5) is 11.9. The lowest BCUT2D eigenvalue weighted by Crippen LogP contribution is -2.16. The Kier molecular flexibility index (Phi) is 4.58. The molecule has 0 aliphatic heterocycles. The van der Waals surface area contributed by atoms with Gasteiger partial charge in [0.15, 0.2) is 0 Å². The molecule has 0 fully saturated rings. The molecule has 0 aliphatic rings. The Hall–Kier alpha value is -1.54. The lowest BCUT2D eigenvalue weighted by Gasteiger charge is -2.14. The number of benzene rings is 1. The molecule has 0 unspecified atom stereocenters. The van der Waals surface area contributed by atoms with Gasteiger partial charge in [-0.3, -0.25) is 4.79 Å². The Morgan fingerprint density at radius 3 is 2.57 bits per heavy atom. The van der Waals surface area contributed by atoms with Crippen molar-refractivity contribution in [2.45, 2.75) is 6.18 Å². The summed E-state index contributed by atoms with van der Waals surface area (Å²) in [6, 6.07) is 4.91. The number of anilines is 1. The normalized spacial score (nSPS) is 11.3. The molecule has 21 heavy (non-hydrogen) atoms. The molecule has 1 aromatic carbocycles. The predicted octanol–water partition coefficient (Wildman–Crippen LogP) is 4.79. The van der Waals surface area contributed by atoms with Crippen LogP contribution in [0.15, 0.2) is 33.4 Å². The smallest absolute Gasteiger partial charge is 0.418 e. The third kappa shape index (κ3) is 3.76. The second kappa shape index (κ2) is 6.07. The van der Waals surface area contributed by atoms with E-state index >= 15 is 0 Å². The molecule has 0 aliphatic carbocycles. The predicted molar refractivity (Wildman–Crippen MR) is 78.0 cm³/mol. The number of rotatable bonds is 3. The minimum Gasteiger partial charge on any atom is -0.497 e. The van der Waals surface area contributed by atoms with Gasteiger partial charge in [-0.2, -0.15) is 13.2 Å². The minimum atomic E-state index is -4.59. The highest BCUT2D eigenvalue weighted by atomic mass is 79.9. The highest BCUT2D eigenvalue weighted by Gasteiger charge is 2.34. The van der Waals surface area contributed by atoms with Gasteiger partial charge < -0.3 is 10.1 Å². The monoisotopic (exact) mass is 379 g/mol. The summed E-state index contributed by atoms with van der Waals surface area (Å²) in [5.74, 6) is -0.536. The minimum absolute atomic E-state index is 0.0681. The number of halogens is 4. The van der Waals surface area contributed by atoms with Crippen LogP contribution in [0.1, 0.15) is 15.9 Å². The molecule has 1 aromatic heterocycles. The zero-order valence-electron chi connectivity index (χ0n) is 10.6. The Bertz CT molecular complexity index is 670. The van der Waals surface area contributed by atoms with Gasteiger partial charge in [-0.1, -0.05) is 0 Å². The number of hydrogen-bond donors (Lipinski definition) is 1. The first kappa shape index (κ1) is 15.8. The van der Waals surface area contributed by atoms with Crippen LogP contribution in [0.25, 0.3) is 0 Å². The molecule has 1 heterocycles. The van der Waals surface area contributed by atoms with Gasteiger partial charge in [0.1, 0.15) is 5.75 Å². The number of alkyl halides is 3. The zero-order valence-corrected chi connectivity index (χ0v) is 13.0. The summed E-state index contributed by atoms with van der Waals surface area (Å²) in [6.45, 7) is 0. The van der Waals surface area contributed by atoms with Crippen LogP contribution in [-0.2, 0) is 6.18 Å². The fourth-order valence-electron chi connectivity index (χ4n) is 1.62. The Labute approximate surface area is 130 Å². The zero-order chi connectivity index (χ0) is 15.6. The lowest BCUT2D eigenvalue weighted by atomic mass is 10.1. The van der Waals surface area contributed by atoms with Gasteiger partial charge in [-0.05, 0) is 40.2 Å². The van der Waals surface area contributed by atoms with Crippen LogP contribution in [0.2, 0.25) is 0 Å². The average molecular weight is 380 g/mol. The van der Waals surface area contributed by atoms with Crippen LogP contribution in [0.4, 0.5) is 18.9 Å². The van der Waals surface area contributed by atoms with E-state index in [0.29, 0.717) is 0 Å². The highest BCUT2D eigenvalue weighted by molar-refractivity contribution is 9.11. The molecule has 0 spiro atoms. The number of hydrogen-bond acceptors (Lipinski definition) is 3. The number of amides is 1. The molecule has 0 saturated heterocycles. The van der Waals surface area contributed by atoms with Crippen LogP contribution in [0, 0.1) is 0 Å². The Morgan fingerprint density at radius 1 is 1.33 bits per heavy atom. The van der Waals surface area contributed by atoms with Crippen LogP contribution in [-0.4, -0.2) is 13.0 Å². The highest BCUT2D eigenvalue weighted by Crippen LogP contribution is 2.37. The summed E-state index contributed by atoms with van der Waals surface area (Å²) in [7, 11) is 1.27. The third-order valence-corrected chi connectivity index (χ3v) is 4.11. The van der Waals surface area contributed by atoms with E-state index in [1.807, 2.05) is 0 Å². The van der Waals surface area contributed by atoms with E-state index in [9.17, 15) is 18.0 Å². The van der Waals surface area contributed by atoms with Crippen molar-refractivity contribution in [1.82, 2.24) is 0 Å². The molecule has 0 saturated carbocycles. The molecule has 0 bridgehead atoms. The second-order valence-corrected chi connectivity index (χ2v) is 6.29. The maximum atomic E-state index is 13.0. The molecule has 2 rings (SSSR count). The molecular formula is C13H9BrF3NO2S. The van der Waals surface area contributed by atoms with Gasteiger partial charge >= 0.3 is 6.18 Å². The SMILES string of the molecule is COc1ccc(NC(=O)c2csc(Br)c2)c(C(F)(F)F)c1.